The number of imidazole rings is 1. The van der Waals surface area contributed by atoms with Crippen molar-refractivity contribution in [2.24, 2.45) is 0 Å². The fourth-order valence-corrected chi connectivity index (χ4v) is 9.71. The van der Waals surface area contributed by atoms with E-state index in [2.05, 4.69) is 205 Å². The first-order chi connectivity index (χ1) is 29.7. The van der Waals surface area contributed by atoms with Crippen LogP contribution in [0, 0.1) is 32.3 Å². The van der Waals surface area contributed by atoms with E-state index in [9.17, 15) is 0 Å². The van der Waals surface area contributed by atoms with E-state index in [1.165, 1.54) is 5.56 Å². The molecule has 2 aliphatic rings. The van der Waals surface area contributed by atoms with Crippen LogP contribution in [0.25, 0.3) is 66.6 Å². The molecule has 0 N–H and O–H groups in total. The van der Waals surface area contributed by atoms with Gasteiger partial charge in [-0.1, -0.05) is 135 Å². The summed E-state index contributed by atoms with van der Waals surface area (Å²) in [6.07, 6.45) is 3.96. The van der Waals surface area contributed by atoms with Crippen molar-refractivity contribution in [2.45, 2.75) is 40.0 Å². The number of para-hydroxylation sites is 3. The number of benzene rings is 7. The first kappa shape index (κ1) is 38.3. The third-order valence-corrected chi connectivity index (χ3v) is 12.5. The molecule has 6 nitrogen and oxygen atoms in total. The van der Waals surface area contributed by atoms with Gasteiger partial charge in [0.25, 0.3) is 0 Å². The van der Waals surface area contributed by atoms with Crippen LogP contribution >= 0.6 is 0 Å². The van der Waals surface area contributed by atoms with Gasteiger partial charge < -0.3 is 23.2 Å². The van der Waals surface area contributed by atoms with Crippen LogP contribution in [0.5, 0.6) is 11.5 Å². The third-order valence-electron chi connectivity index (χ3n) is 12.5. The molecular formula is C54H40BN5OPt-2. The minimum absolute atomic E-state index is 0. The fraction of sp³-hybridized carbons (Fsp3) is 0.111. The number of hydrogen-bond donors (Lipinski definition) is 0. The zero-order valence-electron chi connectivity index (χ0n) is 35.0. The van der Waals surface area contributed by atoms with Gasteiger partial charge in [0.15, 0.2) is 0 Å². The Morgan fingerprint density at radius 3 is 2.06 bits per heavy atom. The van der Waals surface area contributed by atoms with Gasteiger partial charge in [-0.3, -0.25) is 0 Å². The fourth-order valence-electron chi connectivity index (χ4n) is 9.71. The average Bonchev–Trinajstić information content (AvgIpc) is 3.81. The van der Waals surface area contributed by atoms with Crippen molar-refractivity contribution in [1.82, 2.24) is 14.1 Å². The topological polar surface area (TPSA) is 39.1 Å². The maximum absolute atomic E-state index is 6.67. The Morgan fingerprint density at radius 1 is 0.613 bits per heavy atom. The summed E-state index contributed by atoms with van der Waals surface area (Å²) >= 11 is 0. The van der Waals surface area contributed by atoms with Gasteiger partial charge in [0.05, 0.1) is 11.0 Å². The molecule has 0 aliphatic carbocycles. The Hall–Kier alpha value is -6.69. The number of fused-ring (bicyclic) bond motifs is 17. The number of anilines is 2. The van der Waals surface area contributed by atoms with Crippen molar-refractivity contribution in [3.05, 3.63) is 187 Å². The van der Waals surface area contributed by atoms with Crippen LogP contribution in [-0.4, -0.2) is 21.1 Å². The minimum atomic E-state index is -0.450. The molecular weight excluding hydrogens is 941 g/mol. The van der Waals surface area contributed by atoms with E-state index in [0.29, 0.717) is 11.5 Å². The number of rotatable bonds is 1. The van der Waals surface area contributed by atoms with E-state index in [4.69, 9.17) is 9.72 Å². The first-order valence-corrected chi connectivity index (χ1v) is 20.9. The second-order valence-electron chi connectivity index (χ2n) is 17.4. The molecule has 8 heteroatoms. The molecule has 62 heavy (non-hydrogen) atoms. The van der Waals surface area contributed by atoms with Crippen LogP contribution in [-0.2, 0) is 26.5 Å². The second kappa shape index (κ2) is 14.2. The maximum Gasteiger partial charge on any atom is 0.525 e. The van der Waals surface area contributed by atoms with Crippen LogP contribution in [0.4, 0.5) is 11.5 Å². The van der Waals surface area contributed by atoms with Crippen LogP contribution in [0.3, 0.4) is 0 Å². The Kier molecular flexibility index (Phi) is 8.75. The van der Waals surface area contributed by atoms with Crippen molar-refractivity contribution in [3.63, 3.8) is 0 Å². The molecule has 8 bridgehead atoms. The van der Waals surface area contributed by atoms with E-state index in [0.717, 1.165) is 94.7 Å². The molecule has 0 unspecified atom stereocenters. The van der Waals surface area contributed by atoms with Gasteiger partial charge in [0, 0.05) is 49.2 Å². The molecule has 0 radical (unpaired) electrons. The summed E-state index contributed by atoms with van der Waals surface area (Å²) in [6, 6.07) is 61.5. The predicted molar refractivity (Wildman–Crippen MR) is 247 cm³/mol. The smallest absolute Gasteiger partial charge is 0.510 e. The summed E-state index contributed by atoms with van der Waals surface area (Å²) in [5.41, 5.74) is 14.9. The quantitative estimate of drug-likeness (QED) is 0.122. The molecule has 7 aromatic carbocycles. The number of aryl methyl sites for hydroxylation is 2. The number of hydrogen-bond acceptors (Lipinski definition) is 3. The van der Waals surface area contributed by atoms with Gasteiger partial charge in [-0.15, -0.1) is 29.7 Å². The van der Waals surface area contributed by atoms with Crippen LogP contribution in [0.2, 0.25) is 0 Å². The number of pyridine rings is 1. The van der Waals surface area contributed by atoms with E-state index in [1.54, 1.807) is 0 Å². The molecule has 0 fully saturated rings. The van der Waals surface area contributed by atoms with Gasteiger partial charge in [0.2, 0.25) is 6.33 Å². The van der Waals surface area contributed by atoms with E-state index >= 15 is 0 Å². The molecule has 0 saturated carbocycles. The second-order valence-corrected chi connectivity index (χ2v) is 17.4. The summed E-state index contributed by atoms with van der Waals surface area (Å²) in [7, 11) is 0. The maximum atomic E-state index is 6.67. The Balaban J connectivity index is 0.00000432. The molecule has 0 spiro atoms. The minimum Gasteiger partial charge on any atom is -0.510 e. The Labute approximate surface area is 376 Å². The Bertz CT molecular complexity index is 3430. The first-order valence-electron chi connectivity index (χ1n) is 20.9. The summed E-state index contributed by atoms with van der Waals surface area (Å²) in [5.74, 6) is 2.82. The SMILES string of the molecule is Cc1cccc(C)c1N1B2c3ccccc3-c3ccccc3-c3cccc4c3[n+]2[c-]n4-c2[c-]c(ccc2)Oc2[c-]c3c(cc2)c2ccccc2n3-c2cc(C(C)(C)C)cc1n2.[Pt]. The average molecular weight is 981 g/mol. The standard InChI is InChI=1S/C54H40BN5O.Pt/c1-34-15-12-16-35(2)52(34)60-51-30-36(54(3,4)5)29-50(56-51)59-47-25-11-9-22-43(47)44-28-27-39(32-49(44)59)61-38-18-13-17-37(31-38)57-33-58-53-45(23-14-26-48(53)57)41-20-7-6-19-40(41)42-21-8-10-24-46(42)55(58)60;/h6-30H,1-5H3;/q-2;. The predicted octanol–water partition coefficient (Wildman–Crippen LogP) is 11.6. The zero-order valence-corrected chi connectivity index (χ0v) is 37.2. The molecule has 3 aromatic heterocycles. The van der Waals surface area contributed by atoms with Gasteiger partial charge in [0.1, 0.15) is 11.6 Å². The molecule has 12 rings (SSSR count). The molecule has 2 aliphatic heterocycles. The molecule has 0 saturated heterocycles. The van der Waals surface area contributed by atoms with Gasteiger partial charge in [-0.2, -0.15) is 18.2 Å². The van der Waals surface area contributed by atoms with Crippen LogP contribution in [0.1, 0.15) is 37.5 Å². The Morgan fingerprint density at radius 2 is 1.26 bits per heavy atom. The monoisotopic (exact) mass is 980 g/mol. The van der Waals surface area contributed by atoms with E-state index in [1.807, 2.05) is 18.2 Å². The van der Waals surface area contributed by atoms with Crippen molar-refractivity contribution in [2.75, 3.05) is 4.81 Å². The molecule has 0 atom stereocenters. The number of ether oxygens (including phenoxy) is 1. The summed E-state index contributed by atoms with van der Waals surface area (Å²) in [5, 5.41) is 2.20. The van der Waals surface area contributed by atoms with Crippen molar-refractivity contribution < 1.29 is 30.3 Å². The van der Waals surface area contributed by atoms with Crippen LogP contribution < -0.4 is 19.5 Å². The van der Waals surface area contributed by atoms with E-state index < -0.39 is 6.98 Å². The van der Waals surface area contributed by atoms with E-state index in [-0.39, 0.29) is 26.5 Å². The number of nitrogens with zero attached hydrogens (tertiary/aromatic N) is 5. The van der Waals surface area contributed by atoms with Crippen LogP contribution in [0.15, 0.2) is 152 Å². The van der Waals surface area contributed by atoms with Gasteiger partial charge in [-0.25, -0.2) is 4.98 Å². The molecule has 0 amide bonds. The number of aromatic nitrogens is 4. The van der Waals surface area contributed by atoms with Gasteiger partial charge >= 0.3 is 6.98 Å². The summed E-state index contributed by atoms with van der Waals surface area (Å²) in [6.45, 7) is 10.8. The molecule has 302 valence electrons. The van der Waals surface area contributed by atoms with Gasteiger partial charge in [-0.05, 0) is 81.8 Å². The summed E-state index contributed by atoms with van der Waals surface area (Å²) in [4.78, 5) is 8.30. The van der Waals surface area contributed by atoms with Crippen molar-refractivity contribution >= 4 is 56.8 Å². The molecule has 5 heterocycles. The zero-order chi connectivity index (χ0) is 41.1. The van der Waals surface area contributed by atoms with Crippen molar-refractivity contribution in [3.8, 4) is 45.3 Å². The molecule has 10 aromatic rings. The van der Waals surface area contributed by atoms with Crippen molar-refractivity contribution in [1.29, 1.82) is 0 Å². The third kappa shape index (κ3) is 5.75. The normalized spacial score (nSPS) is 12.9. The summed E-state index contributed by atoms with van der Waals surface area (Å²) < 4.78 is 13.4. The largest absolute Gasteiger partial charge is 0.525 e.